The smallest absolute Gasteiger partial charge is 0.203 e. The maximum atomic E-state index is 13.0. The van der Waals surface area contributed by atoms with E-state index in [1.807, 2.05) is 48.7 Å². The molecule has 3 aromatic carbocycles. The Morgan fingerprint density at radius 2 is 1.54 bits per heavy atom. The van der Waals surface area contributed by atoms with E-state index in [2.05, 4.69) is 47.9 Å². The molecule has 0 aliphatic heterocycles. The summed E-state index contributed by atoms with van der Waals surface area (Å²) in [6.07, 6.45) is 1.99. The Morgan fingerprint density at radius 1 is 0.846 bits per heavy atom. The molecule has 4 aromatic rings. The number of rotatable bonds is 4. The van der Waals surface area contributed by atoms with Crippen LogP contribution in [0.1, 0.15) is 11.1 Å². The molecular formula is C23H19NOS. The molecule has 0 unspecified atom stereocenters. The lowest BCUT2D eigenvalue weighted by atomic mass is 10.2. The van der Waals surface area contributed by atoms with Crippen LogP contribution in [0.25, 0.3) is 10.9 Å². The van der Waals surface area contributed by atoms with E-state index in [1.165, 1.54) is 22.9 Å². The lowest BCUT2D eigenvalue weighted by Gasteiger charge is -2.13. The Balaban J connectivity index is 1.81. The Hall–Kier alpha value is -2.78. The lowest BCUT2D eigenvalue weighted by Crippen LogP contribution is -2.12. The predicted molar refractivity (Wildman–Crippen MR) is 109 cm³/mol. The minimum atomic E-state index is 0.0930. The van der Waals surface area contributed by atoms with Gasteiger partial charge in [-0.15, -0.1) is 0 Å². The minimum absolute atomic E-state index is 0.0930. The number of fused-ring (bicyclic) bond motifs is 1. The first-order chi connectivity index (χ1) is 12.7. The van der Waals surface area contributed by atoms with E-state index in [9.17, 15) is 4.79 Å². The summed E-state index contributed by atoms with van der Waals surface area (Å²) in [5, 5.41) is 0.764. The molecule has 3 heteroatoms. The Bertz CT molecular complexity index is 1100. The zero-order chi connectivity index (χ0) is 17.9. The molecular weight excluding hydrogens is 338 g/mol. The van der Waals surface area contributed by atoms with Crippen LogP contribution in [0.2, 0.25) is 0 Å². The van der Waals surface area contributed by atoms with Gasteiger partial charge in [-0.1, -0.05) is 71.9 Å². The molecule has 128 valence electrons. The quantitative estimate of drug-likeness (QED) is 0.480. The molecule has 0 fully saturated rings. The fourth-order valence-corrected chi connectivity index (χ4v) is 3.94. The van der Waals surface area contributed by atoms with Gasteiger partial charge in [0.05, 0.1) is 10.4 Å². The van der Waals surface area contributed by atoms with Gasteiger partial charge in [-0.25, -0.2) is 0 Å². The lowest BCUT2D eigenvalue weighted by molar-refractivity contribution is 0.810. The number of nitrogens with zero attached hydrogens (tertiary/aromatic N) is 1. The zero-order valence-corrected chi connectivity index (χ0v) is 15.4. The van der Waals surface area contributed by atoms with E-state index < -0.39 is 0 Å². The average Bonchev–Trinajstić information content (AvgIpc) is 2.68. The van der Waals surface area contributed by atoms with E-state index in [-0.39, 0.29) is 5.43 Å². The van der Waals surface area contributed by atoms with Crippen molar-refractivity contribution in [3.8, 4) is 0 Å². The second kappa shape index (κ2) is 7.22. The summed E-state index contributed by atoms with van der Waals surface area (Å²) < 4.78 is 2.17. The molecule has 0 spiro atoms. The van der Waals surface area contributed by atoms with Gasteiger partial charge in [-0.3, -0.25) is 4.79 Å². The molecule has 0 saturated heterocycles. The van der Waals surface area contributed by atoms with Crippen LogP contribution in [0.15, 0.2) is 99.6 Å². The van der Waals surface area contributed by atoms with Gasteiger partial charge in [0.1, 0.15) is 0 Å². The van der Waals surface area contributed by atoms with Gasteiger partial charge in [0.25, 0.3) is 0 Å². The summed E-state index contributed by atoms with van der Waals surface area (Å²) >= 11 is 1.53. The van der Waals surface area contributed by atoms with Gasteiger partial charge in [0, 0.05) is 23.0 Å². The number of para-hydroxylation sites is 1. The van der Waals surface area contributed by atoms with E-state index in [4.69, 9.17) is 0 Å². The van der Waals surface area contributed by atoms with Gasteiger partial charge in [0.2, 0.25) is 5.43 Å². The monoisotopic (exact) mass is 357 g/mol. The molecule has 4 rings (SSSR count). The molecule has 0 N–H and O–H groups in total. The zero-order valence-electron chi connectivity index (χ0n) is 14.6. The molecule has 2 nitrogen and oxygen atoms in total. The minimum Gasteiger partial charge on any atom is -0.342 e. The van der Waals surface area contributed by atoms with Crippen molar-refractivity contribution < 1.29 is 0 Å². The third-order valence-corrected chi connectivity index (χ3v) is 5.42. The number of aryl methyl sites for hydroxylation is 1. The molecule has 0 radical (unpaired) electrons. The summed E-state index contributed by atoms with van der Waals surface area (Å²) in [5.41, 5.74) is 3.49. The van der Waals surface area contributed by atoms with Crippen LogP contribution in [-0.2, 0) is 6.54 Å². The summed E-state index contributed by atoms with van der Waals surface area (Å²) in [5.74, 6) is 0. The molecule has 0 saturated carbocycles. The molecule has 0 atom stereocenters. The molecule has 0 amide bonds. The van der Waals surface area contributed by atoms with Crippen LogP contribution < -0.4 is 5.43 Å². The second-order valence-corrected chi connectivity index (χ2v) is 7.48. The molecule has 0 aliphatic rings. The first-order valence-corrected chi connectivity index (χ1v) is 9.43. The van der Waals surface area contributed by atoms with E-state index in [0.29, 0.717) is 0 Å². The van der Waals surface area contributed by atoms with Crippen LogP contribution in [0.4, 0.5) is 0 Å². The Kier molecular flexibility index (Phi) is 4.63. The number of aromatic nitrogens is 1. The van der Waals surface area contributed by atoms with Crippen molar-refractivity contribution in [2.24, 2.45) is 0 Å². The van der Waals surface area contributed by atoms with E-state index in [1.54, 1.807) is 0 Å². The number of benzene rings is 3. The van der Waals surface area contributed by atoms with Gasteiger partial charge < -0.3 is 4.57 Å². The van der Waals surface area contributed by atoms with Gasteiger partial charge in [-0.2, -0.15) is 0 Å². The largest absolute Gasteiger partial charge is 0.342 e. The predicted octanol–water partition coefficient (Wildman–Crippen LogP) is 5.51. The fourth-order valence-electron chi connectivity index (χ4n) is 3.04. The van der Waals surface area contributed by atoms with Crippen LogP contribution in [0.3, 0.4) is 0 Å². The van der Waals surface area contributed by atoms with Gasteiger partial charge in [0.15, 0.2) is 0 Å². The van der Waals surface area contributed by atoms with E-state index >= 15 is 0 Å². The summed E-state index contributed by atoms with van der Waals surface area (Å²) in [6, 6.07) is 26.4. The Morgan fingerprint density at radius 3 is 2.31 bits per heavy atom. The first-order valence-electron chi connectivity index (χ1n) is 8.61. The SMILES string of the molecule is Cc1ccc(Sc2cn(Cc3ccccc3)c3ccccc3c2=O)cc1. The molecule has 0 aliphatic carbocycles. The van der Waals surface area contributed by atoms with Crippen molar-refractivity contribution in [3.63, 3.8) is 0 Å². The fraction of sp³-hybridized carbons (Fsp3) is 0.0870. The summed E-state index contributed by atoms with van der Waals surface area (Å²) in [4.78, 5) is 14.8. The van der Waals surface area contributed by atoms with Crippen molar-refractivity contribution >= 4 is 22.7 Å². The standard InChI is InChI=1S/C23H19NOS/c1-17-11-13-19(14-12-17)26-22-16-24(15-18-7-3-2-4-8-18)21-10-6-5-9-20(21)23(22)25/h2-14,16H,15H2,1H3. The molecule has 0 bridgehead atoms. The highest BCUT2D eigenvalue weighted by Gasteiger charge is 2.10. The number of pyridine rings is 1. The van der Waals surface area contributed by atoms with Gasteiger partial charge >= 0.3 is 0 Å². The van der Waals surface area contributed by atoms with Crippen LogP contribution >= 0.6 is 11.8 Å². The van der Waals surface area contributed by atoms with E-state index in [0.717, 1.165) is 27.2 Å². The van der Waals surface area contributed by atoms with Crippen LogP contribution in [0, 0.1) is 6.92 Å². The van der Waals surface area contributed by atoms with Gasteiger partial charge in [-0.05, 0) is 36.8 Å². The molecule has 26 heavy (non-hydrogen) atoms. The highest BCUT2D eigenvalue weighted by molar-refractivity contribution is 7.99. The average molecular weight is 357 g/mol. The van der Waals surface area contributed by atoms with Crippen molar-refractivity contribution in [2.75, 3.05) is 0 Å². The molecule has 1 aromatic heterocycles. The highest BCUT2D eigenvalue weighted by Crippen LogP contribution is 2.27. The second-order valence-electron chi connectivity index (χ2n) is 6.37. The maximum Gasteiger partial charge on any atom is 0.203 e. The number of hydrogen-bond donors (Lipinski definition) is 0. The summed E-state index contributed by atoms with van der Waals surface area (Å²) in [7, 11) is 0. The first kappa shape index (κ1) is 16.7. The Labute approximate surface area is 157 Å². The van der Waals surface area contributed by atoms with Crippen LogP contribution in [0.5, 0.6) is 0 Å². The third kappa shape index (κ3) is 3.44. The third-order valence-electron chi connectivity index (χ3n) is 4.40. The van der Waals surface area contributed by atoms with Crippen molar-refractivity contribution in [3.05, 3.63) is 106 Å². The molecule has 1 heterocycles. The van der Waals surface area contributed by atoms with Crippen molar-refractivity contribution in [2.45, 2.75) is 23.3 Å². The number of hydrogen-bond acceptors (Lipinski definition) is 2. The highest BCUT2D eigenvalue weighted by atomic mass is 32.2. The van der Waals surface area contributed by atoms with Crippen molar-refractivity contribution in [1.29, 1.82) is 0 Å². The normalized spacial score (nSPS) is 11.0. The van der Waals surface area contributed by atoms with Crippen LogP contribution in [-0.4, -0.2) is 4.57 Å². The topological polar surface area (TPSA) is 22.0 Å². The van der Waals surface area contributed by atoms with Crippen molar-refractivity contribution in [1.82, 2.24) is 4.57 Å². The maximum absolute atomic E-state index is 13.0. The summed E-state index contributed by atoms with van der Waals surface area (Å²) in [6.45, 7) is 2.81.